The Morgan fingerprint density at radius 3 is 2.46 bits per heavy atom. The zero-order valence-corrected chi connectivity index (χ0v) is 7.29. The number of hydrogen-bond acceptors (Lipinski definition) is 1. The van der Waals surface area contributed by atoms with Crippen LogP contribution in [0.2, 0.25) is 0 Å². The molecule has 0 saturated carbocycles. The molecule has 0 bridgehead atoms. The van der Waals surface area contributed by atoms with Crippen molar-refractivity contribution in [3.05, 3.63) is 55.1 Å². The number of anilines is 1. The highest BCUT2D eigenvalue weighted by atomic mass is 16.1. The SMILES string of the molecule is C=CC(=C)C(=O)Nc1ccccc1. The Labute approximate surface area is 77.6 Å². The van der Waals surface area contributed by atoms with Crippen LogP contribution in [0.3, 0.4) is 0 Å². The first-order valence-electron chi connectivity index (χ1n) is 3.92. The van der Waals surface area contributed by atoms with E-state index in [1.165, 1.54) is 6.08 Å². The van der Waals surface area contributed by atoms with E-state index in [-0.39, 0.29) is 5.91 Å². The number of carbonyl (C=O) groups excluding carboxylic acids is 1. The molecule has 0 unspecified atom stereocenters. The Hall–Kier alpha value is -1.83. The largest absolute Gasteiger partial charge is 0.322 e. The first kappa shape index (κ1) is 9.26. The zero-order valence-electron chi connectivity index (χ0n) is 7.29. The van der Waals surface area contributed by atoms with Gasteiger partial charge in [0, 0.05) is 11.3 Å². The Kier molecular flexibility index (Phi) is 3.03. The molecule has 2 nitrogen and oxygen atoms in total. The van der Waals surface area contributed by atoms with Crippen LogP contribution in [-0.4, -0.2) is 5.91 Å². The standard InChI is InChI=1S/C11H11NO/c1-3-9(2)11(13)12-10-7-5-4-6-8-10/h3-8H,1-2H2,(H,12,13). The molecule has 2 heteroatoms. The molecule has 0 aromatic heterocycles. The van der Waals surface area contributed by atoms with Crippen LogP contribution >= 0.6 is 0 Å². The third-order valence-electron chi connectivity index (χ3n) is 1.57. The smallest absolute Gasteiger partial charge is 0.255 e. The molecule has 0 saturated heterocycles. The lowest BCUT2D eigenvalue weighted by Gasteiger charge is -2.03. The first-order valence-corrected chi connectivity index (χ1v) is 3.92. The van der Waals surface area contributed by atoms with Crippen molar-refractivity contribution < 1.29 is 4.79 Å². The summed E-state index contributed by atoms with van der Waals surface area (Å²) in [6, 6.07) is 9.22. The van der Waals surface area contributed by atoms with E-state index in [1.54, 1.807) is 0 Å². The van der Waals surface area contributed by atoms with Gasteiger partial charge in [-0.25, -0.2) is 0 Å². The van der Waals surface area contributed by atoms with Gasteiger partial charge in [-0.1, -0.05) is 37.4 Å². The summed E-state index contributed by atoms with van der Waals surface area (Å²) < 4.78 is 0. The van der Waals surface area contributed by atoms with Gasteiger partial charge >= 0.3 is 0 Å². The number of hydrogen-bond donors (Lipinski definition) is 1. The summed E-state index contributed by atoms with van der Waals surface area (Å²) in [4.78, 5) is 11.3. The van der Waals surface area contributed by atoms with Crippen LogP contribution in [0.25, 0.3) is 0 Å². The average Bonchev–Trinajstić information content (AvgIpc) is 2.18. The van der Waals surface area contributed by atoms with Crippen molar-refractivity contribution in [2.45, 2.75) is 0 Å². The number of carbonyl (C=O) groups is 1. The van der Waals surface area contributed by atoms with E-state index in [1.807, 2.05) is 30.3 Å². The number of para-hydroxylation sites is 1. The monoisotopic (exact) mass is 173 g/mol. The van der Waals surface area contributed by atoms with Crippen LogP contribution in [0, 0.1) is 0 Å². The van der Waals surface area contributed by atoms with Crippen LogP contribution in [0.4, 0.5) is 5.69 Å². The zero-order chi connectivity index (χ0) is 9.68. The minimum atomic E-state index is -0.221. The van der Waals surface area contributed by atoms with Crippen molar-refractivity contribution in [2.75, 3.05) is 5.32 Å². The Morgan fingerprint density at radius 2 is 1.92 bits per heavy atom. The van der Waals surface area contributed by atoms with Gasteiger partial charge < -0.3 is 5.32 Å². The lowest BCUT2D eigenvalue weighted by molar-refractivity contribution is -0.112. The van der Waals surface area contributed by atoms with Gasteiger partial charge in [0.05, 0.1) is 0 Å². The summed E-state index contributed by atoms with van der Waals surface area (Å²) in [5, 5.41) is 2.68. The van der Waals surface area contributed by atoms with E-state index in [0.717, 1.165) is 5.69 Å². The van der Waals surface area contributed by atoms with Crippen LogP contribution in [0.1, 0.15) is 0 Å². The Morgan fingerprint density at radius 1 is 1.31 bits per heavy atom. The average molecular weight is 173 g/mol. The van der Waals surface area contributed by atoms with Gasteiger partial charge in [-0.05, 0) is 12.1 Å². The number of benzene rings is 1. The van der Waals surface area contributed by atoms with Gasteiger partial charge in [-0.3, -0.25) is 4.79 Å². The highest BCUT2D eigenvalue weighted by Gasteiger charge is 2.01. The normalized spacial score (nSPS) is 8.92. The minimum absolute atomic E-state index is 0.221. The number of amides is 1. The van der Waals surface area contributed by atoms with Crippen molar-refractivity contribution in [2.24, 2.45) is 0 Å². The molecule has 0 aliphatic heterocycles. The predicted octanol–water partition coefficient (Wildman–Crippen LogP) is 2.37. The molecule has 0 radical (unpaired) electrons. The first-order chi connectivity index (χ1) is 6.24. The fourth-order valence-corrected chi connectivity index (χ4v) is 0.826. The Balaban J connectivity index is 2.65. The van der Waals surface area contributed by atoms with E-state index < -0.39 is 0 Å². The van der Waals surface area contributed by atoms with Gasteiger partial charge in [0.1, 0.15) is 0 Å². The molecule has 13 heavy (non-hydrogen) atoms. The third kappa shape index (κ3) is 2.60. The molecule has 1 N–H and O–H groups in total. The number of nitrogens with one attached hydrogen (secondary N) is 1. The fraction of sp³-hybridized carbons (Fsp3) is 0. The minimum Gasteiger partial charge on any atom is -0.322 e. The highest BCUT2D eigenvalue weighted by Crippen LogP contribution is 2.06. The molecule has 0 atom stereocenters. The van der Waals surface area contributed by atoms with Gasteiger partial charge in [0.25, 0.3) is 5.91 Å². The van der Waals surface area contributed by atoms with Crippen LogP contribution in [0.5, 0.6) is 0 Å². The molecular formula is C11H11NO. The van der Waals surface area contributed by atoms with Crippen molar-refractivity contribution >= 4 is 11.6 Å². The number of rotatable bonds is 3. The van der Waals surface area contributed by atoms with Crippen molar-refractivity contribution in [3.63, 3.8) is 0 Å². The van der Waals surface area contributed by atoms with E-state index in [9.17, 15) is 4.79 Å². The second-order valence-corrected chi connectivity index (χ2v) is 2.55. The van der Waals surface area contributed by atoms with E-state index in [0.29, 0.717) is 5.57 Å². The predicted molar refractivity (Wildman–Crippen MR) is 54.4 cm³/mol. The lowest BCUT2D eigenvalue weighted by atomic mass is 10.2. The summed E-state index contributed by atoms with van der Waals surface area (Å²) in [5.41, 5.74) is 1.12. The third-order valence-corrected chi connectivity index (χ3v) is 1.57. The van der Waals surface area contributed by atoms with Crippen LogP contribution < -0.4 is 5.32 Å². The topological polar surface area (TPSA) is 29.1 Å². The molecule has 0 spiro atoms. The second kappa shape index (κ2) is 4.26. The molecule has 0 aliphatic carbocycles. The van der Waals surface area contributed by atoms with Gasteiger partial charge in [-0.2, -0.15) is 0 Å². The molecule has 1 aromatic carbocycles. The molecule has 0 fully saturated rings. The van der Waals surface area contributed by atoms with Crippen molar-refractivity contribution in [1.29, 1.82) is 0 Å². The molecule has 0 aliphatic rings. The molecule has 66 valence electrons. The summed E-state index contributed by atoms with van der Waals surface area (Å²) in [7, 11) is 0. The second-order valence-electron chi connectivity index (χ2n) is 2.55. The van der Waals surface area contributed by atoms with Gasteiger partial charge in [0.2, 0.25) is 0 Å². The van der Waals surface area contributed by atoms with Gasteiger partial charge in [0.15, 0.2) is 0 Å². The van der Waals surface area contributed by atoms with Crippen molar-refractivity contribution in [3.8, 4) is 0 Å². The van der Waals surface area contributed by atoms with E-state index >= 15 is 0 Å². The Bertz CT molecular complexity index is 327. The van der Waals surface area contributed by atoms with Crippen LogP contribution in [-0.2, 0) is 4.79 Å². The molecule has 1 amide bonds. The molecular weight excluding hydrogens is 162 g/mol. The highest BCUT2D eigenvalue weighted by molar-refractivity contribution is 6.05. The van der Waals surface area contributed by atoms with Gasteiger partial charge in [-0.15, -0.1) is 0 Å². The molecule has 1 rings (SSSR count). The summed E-state index contributed by atoms with van der Waals surface area (Å²) in [5.74, 6) is -0.221. The van der Waals surface area contributed by atoms with Crippen molar-refractivity contribution in [1.82, 2.24) is 0 Å². The lowest BCUT2D eigenvalue weighted by Crippen LogP contribution is -2.11. The molecule has 0 heterocycles. The maximum absolute atomic E-state index is 11.3. The molecule has 1 aromatic rings. The summed E-state index contributed by atoms with van der Waals surface area (Å²) in [6.45, 7) is 7.00. The maximum Gasteiger partial charge on any atom is 0.255 e. The van der Waals surface area contributed by atoms with E-state index in [2.05, 4.69) is 18.5 Å². The fourth-order valence-electron chi connectivity index (χ4n) is 0.826. The quantitative estimate of drug-likeness (QED) is 0.551. The summed E-state index contributed by atoms with van der Waals surface area (Å²) in [6.07, 6.45) is 1.43. The van der Waals surface area contributed by atoms with E-state index in [4.69, 9.17) is 0 Å². The summed E-state index contributed by atoms with van der Waals surface area (Å²) >= 11 is 0. The maximum atomic E-state index is 11.3. The van der Waals surface area contributed by atoms with Crippen LogP contribution in [0.15, 0.2) is 55.1 Å².